The molecule has 0 aromatic heterocycles. The highest BCUT2D eigenvalue weighted by Gasteiger charge is 2.11. The van der Waals surface area contributed by atoms with Gasteiger partial charge in [0.2, 0.25) is 5.91 Å². The molecule has 2 aromatic rings. The molecule has 0 spiro atoms. The van der Waals surface area contributed by atoms with E-state index in [1.54, 1.807) is 31.4 Å². The maximum atomic E-state index is 11.9. The zero-order valence-corrected chi connectivity index (χ0v) is 18.8. The van der Waals surface area contributed by atoms with Crippen LogP contribution in [0.3, 0.4) is 0 Å². The van der Waals surface area contributed by atoms with Crippen molar-refractivity contribution >= 4 is 29.7 Å². The van der Waals surface area contributed by atoms with Crippen LogP contribution in [0.5, 0.6) is 17.2 Å². The van der Waals surface area contributed by atoms with Crippen LogP contribution in [0.2, 0.25) is 0 Å². The van der Waals surface area contributed by atoms with Gasteiger partial charge in [-0.2, -0.15) is 0 Å². The van der Waals surface area contributed by atoms with E-state index in [0.717, 1.165) is 16.7 Å². The Kier molecular flexibility index (Phi) is 8.89. The molecular formula is C25H29NO6. The van der Waals surface area contributed by atoms with Gasteiger partial charge in [-0.05, 0) is 49.6 Å². The van der Waals surface area contributed by atoms with Crippen molar-refractivity contribution in [1.82, 2.24) is 0 Å². The normalized spacial score (nSPS) is 10.6. The SMILES string of the molecule is COc1cc(/C=C/c2cc(O)cc(OC)c2CC=C(C)C)ccc1NC(=O)CCC(=O)O. The second-order valence-electron chi connectivity index (χ2n) is 7.44. The number of benzene rings is 2. The molecule has 0 unspecified atom stereocenters. The molecule has 3 N–H and O–H groups in total. The molecule has 0 radical (unpaired) electrons. The summed E-state index contributed by atoms with van der Waals surface area (Å²) < 4.78 is 10.8. The number of carboxylic acid groups (broad SMARTS) is 1. The number of rotatable bonds is 10. The standard InChI is InChI=1S/C25H29NO6/c1-16(2)5-9-20-18(14-19(27)15-22(20)31-3)8-6-17-7-10-21(23(13-17)32-4)26-24(28)11-12-25(29)30/h5-8,10,13-15,27H,9,11-12H2,1-4H3,(H,26,28)(H,29,30)/b8-6+. The fourth-order valence-electron chi connectivity index (χ4n) is 3.04. The molecule has 0 heterocycles. The van der Waals surface area contributed by atoms with Crippen molar-refractivity contribution in [2.45, 2.75) is 33.1 Å². The molecule has 0 saturated heterocycles. The monoisotopic (exact) mass is 439 g/mol. The summed E-state index contributed by atoms with van der Waals surface area (Å²) in [5.41, 5.74) is 4.24. The van der Waals surface area contributed by atoms with Crippen LogP contribution in [-0.2, 0) is 16.0 Å². The molecule has 7 nitrogen and oxygen atoms in total. The summed E-state index contributed by atoms with van der Waals surface area (Å²) in [7, 11) is 3.07. The third-order valence-electron chi connectivity index (χ3n) is 4.68. The van der Waals surface area contributed by atoms with E-state index in [0.29, 0.717) is 23.6 Å². The number of phenols is 1. The molecule has 0 aliphatic carbocycles. The molecule has 170 valence electrons. The molecule has 0 saturated carbocycles. The van der Waals surface area contributed by atoms with E-state index in [2.05, 4.69) is 11.4 Å². The van der Waals surface area contributed by atoms with Crippen LogP contribution in [0.15, 0.2) is 42.0 Å². The van der Waals surface area contributed by atoms with Crippen molar-refractivity contribution in [2.24, 2.45) is 0 Å². The number of carbonyl (C=O) groups is 2. The molecule has 0 aliphatic rings. The Labute approximate surface area is 188 Å². The fourth-order valence-corrected chi connectivity index (χ4v) is 3.04. The fraction of sp³-hybridized carbons (Fsp3) is 0.280. The summed E-state index contributed by atoms with van der Waals surface area (Å²) >= 11 is 0. The zero-order valence-electron chi connectivity index (χ0n) is 18.8. The van der Waals surface area contributed by atoms with E-state index >= 15 is 0 Å². The smallest absolute Gasteiger partial charge is 0.303 e. The van der Waals surface area contributed by atoms with Gasteiger partial charge in [0.1, 0.15) is 17.2 Å². The Balaban J connectivity index is 2.30. The van der Waals surface area contributed by atoms with Gasteiger partial charge in [-0.15, -0.1) is 0 Å². The second-order valence-corrected chi connectivity index (χ2v) is 7.44. The number of hydrogen-bond acceptors (Lipinski definition) is 5. The van der Waals surface area contributed by atoms with E-state index in [-0.39, 0.29) is 18.6 Å². The van der Waals surface area contributed by atoms with Crippen molar-refractivity contribution in [3.05, 3.63) is 58.7 Å². The number of hydrogen-bond donors (Lipinski definition) is 3. The van der Waals surface area contributed by atoms with E-state index in [9.17, 15) is 14.7 Å². The Morgan fingerprint density at radius 3 is 2.34 bits per heavy atom. The third-order valence-corrected chi connectivity index (χ3v) is 4.68. The molecule has 32 heavy (non-hydrogen) atoms. The summed E-state index contributed by atoms with van der Waals surface area (Å²) in [4.78, 5) is 22.6. The number of allylic oxidation sites excluding steroid dienone is 2. The molecule has 2 aromatic carbocycles. The first kappa shape index (κ1) is 24.5. The molecule has 7 heteroatoms. The minimum absolute atomic E-state index is 0.111. The van der Waals surface area contributed by atoms with Gasteiger partial charge < -0.3 is 25.0 Å². The highest BCUT2D eigenvalue weighted by Crippen LogP contribution is 2.31. The molecule has 0 fully saturated rings. The van der Waals surface area contributed by atoms with Crippen molar-refractivity contribution in [3.8, 4) is 17.2 Å². The van der Waals surface area contributed by atoms with E-state index in [1.165, 1.54) is 12.7 Å². The summed E-state index contributed by atoms with van der Waals surface area (Å²) in [6.07, 6.45) is 6.16. The van der Waals surface area contributed by atoms with Crippen molar-refractivity contribution in [2.75, 3.05) is 19.5 Å². The minimum atomic E-state index is -1.03. The van der Waals surface area contributed by atoms with Gasteiger partial charge in [0, 0.05) is 18.1 Å². The van der Waals surface area contributed by atoms with Gasteiger partial charge in [-0.3, -0.25) is 9.59 Å². The predicted molar refractivity (Wildman–Crippen MR) is 125 cm³/mol. The van der Waals surface area contributed by atoms with Gasteiger partial charge in [0.15, 0.2) is 0 Å². The van der Waals surface area contributed by atoms with Gasteiger partial charge in [0.25, 0.3) is 0 Å². The van der Waals surface area contributed by atoms with Crippen LogP contribution in [0.25, 0.3) is 12.2 Å². The van der Waals surface area contributed by atoms with Crippen LogP contribution in [0.4, 0.5) is 5.69 Å². The zero-order chi connectivity index (χ0) is 23.7. The van der Waals surface area contributed by atoms with Crippen LogP contribution in [0, 0.1) is 0 Å². The lowest BCUT2D eigenvalue weighted by molar-refractivity contribution is -0.138. The number of carbonyl (C=O) groups excluding carboxylic acids is 1. The lowest BCUT2D eigenvalue weighted by atomic mass is 10.00. The number of anilines is 1. The van der Waals surface area contributed by atoms with Gasteiger partial charge in [0.05, 0.1) is 26.3 Å². The number of methoxy groups -OCH3 is 2. The van der Waals surface area contributed by atoms with Crippen LogP contribution >= 0.6 is 0 Å². The Morgan fingerprint density at radius 1 is 1.00 bits per heavy atom. The summed E-state index contributed by atoms with van der Waals surface area (Å²) in [5, 5.41) is 21.5. The summed E-state index contributed by atoms with van der Waals surface area (Å²) in [5.74, 6) is -0.252. The lowest BCUT2D eigenvalue weighted by Gasteiger charge is -2.12. The maximum Gasteiger partial charge on any atom is 0.303 e. The van der Waals surface area contributed by atoms with Gasteiger partial charge in [-0.1, -0.05) is 29.9 Å². The Bertz CT molecular complexity index is 1030. The Hall–Kier alpha value is -3.74. The highest BCUT2D eigenvalue weighted by molar-refractivity contribution is 5.94. The van der Waals surface area contributed by atoms with Crippen molar-refractivity contribution < 1.29 is 29.3 Å². The van der Waals surface area contributed by atoms with Crippen LogP contribution in [0.1, 0.15) is 43.4 Å². The average molecular weight is 440 g/mol. The molecule has 2 rings (SSSR count). The Morgan fingerprint density at radius 2 is 1.72 bits per heavy atom. The largest absolute Gasteiger partial charge is 0.508 e. The number of aromatic hydroxyl groups is 1. The highest BCUT2D eigenvalue weighted by atomic mass is 16.5. The minimum Gasteiger partial charge on any atom is -0.508 e. The van der Waals surface area contributed by atoms with Crippen LogP contribution in [-0.4, -0.2) is 36.3 Å². The molecule has 1 amide bonds. The predicted octanol–water partition coefficient (Wildman–Crippen LogP) is 4.89. The number of carboxylic acids is 1. The van der Waals surface area contributed by atoms with Crippen molar-refractivity contribution in [1.29, 1.82) is 0 Å². The van der Waals surface area contributed by atoms with E-state index in [1.807, 2.05) is 32.1 Å². The van der Waals surface area contributed by atoms with Gasteiger partial charge >= 0.3 is 5.97 Å². The topological polar surface area (TPSA) is 105 Å². The van der Waals surface area contributed by atoms with E-state index in [4.69, 9.17) is 14.6 Å². The quantitative estimate of drug-likeness (QED) is 0.360. The molecule has 0 aliphatic heterocycles. The molecule has 0 atom stereocenters. The van der Waals surface area contributed by atoms with E-state index < -0.39 is 11.9 Å². The average Bonchev–Trinajstić information content (AvgIpc) is 2.75. The number of ether oxygens (including phenoxy) is 2. The summed E-state index contributed by atoms with van der Waals surface area (Å²) in [6.45, 7) is 4.05. The first-order chi connectivity index (χ1) is 15.2. The molecular weight excluding hydrogens is 410 g/mol. The van der Waals surface area contributed by atoms with Crippen LogP contribution < -0.4 is 14.8 Å². The second kappa shape index (κ2) is 11.6. The third kappa shape index (κ3) is 7.19. The number of phenolic OH excluding ortho intramolecular Hbond substituents is 1. The maximum absolute atomic E-state index is 11.9. The first-order valence-electron chi connectivity index (χ1n) is 10.1. The first-order valence-corrected chi connectivity index (χ1v) is 10.1. The number of nitrogens with one attached hydrogen (secondary N) is 1. The number of amides is 1. The lowest BCUT2D eigenvalue weighted by Crippen LogP contribution is -2.13. The molecule has 0 bridgehead atoms. The van der Waals surface area contributed by atoms with Gasteiger partial charge in [-0.25, -0.2) is 0 Å². The summed E-state index contributed by atoms with van der Waals surface area (Å²) in [6, 6.07) is 8.54. The van der Waals surface area contributed by atoms with Crippen molar-refractivity contribution in [3.63, 3.8) is 0 Å². The number of aliphatic carboxylic acids is 1.